The van der Waals surface area contributed by atoms with Crippen LogP contribution in [0.2, 0.25) is 0 Å². The number of benzene rings is 1. The summed E-state index contributed by atoms with van der Waals surface area (Å²) in [5, 5.41) is 7.23. The summed E-state index contributed by atoms with van der Waals surface area (Å²) < 4.78 is 0. The summed E-state index contributed by atoms with van der Waals surface area (Å²) in [5.41, 5.74) is 1.68. The van der Waals surface area contributed by atoms with Gasteiger partial charge in [0.1, 0.15) is 0 Å². The Balaban J connectivity index is 2.24. The second kappa shape index (κ2) is 2.63. The first-order valence-corrected chi connectivity index (χ1v) is 5.30. The maximum absolute atomic E-state index is 4.59. The molecule has 14 heavy (non-hydrogen) atoms. The highest BCUT2D eigenvalue weighted by atomic mass is 14.9. The topological polar surface area (TPSA) is 14.1 Å². The van der Waals surface area contributed by atoms with Crippen molar-refractivity contribution in [3.8, 4) is 0 Å². The Labute approximate surface area is 84.1 Å². The van der Waals surface area contributed by atoms with E-state index in [9.17, 15) is 0 Å². The Morgan fingerprint density at radius 2 is 2.00 bits per heavy atom. The quantitative estimate of drug-likeness (QED) is 0.625. The summed E-state index contributed by atoms with van der Waals surface area (Å²) >= 11 is 0. The van der Waals surface area contributed by atoms with Crippen LogP contribution < -0.4 is 15.8 Å². The van der Waals surface area contributed by atoms with Gasteiger partial charge in [0.2, 0.25) is 0 Å². The predicted molar refractivity (Wildman–Crippen MR) is 57.7 cm³/mol. The van der Waals surface area contributed by atoms with E-state index in [4.69, 9.17) is 0 Å². The van der Waals surface area contributed by atoms with Gasteiger partial charge in [-0.3, -0.25) is 5.32 Å². The average Bonchev–Trinajstić information content (AvgIpc) is 2.58. The van der Waals surface area contributed by atoms with E-state index in [-0.39, 0.29) is 0 Å². The molecule has 1 aliphatic heterocycles. The van der Waals surface area contributed by atoms with Crippen molar-refractivity contribution in [1.29, 1.82) is 0 Å². The van der Waals surface area contributed by atoms with Crippen LogP contribution in [0.3, 0.4) is 0 Å². The molecule has 1 aromatic rings. The third-order valence-corrected chi connectivity index (χ3v) is 3.58. The Bertz CT molecular complexity index is 480. The van der Waals surface area contributed by atoms with Gasteiger partial charge < -0.3 is 0 Å². The first-order valence-electron chi connectivity index (χ1n) is 5.30. The molecule has 2 aliphatic rings. The van der Waals surface area contributed by atoms with Crippen molar-refractivity contribution in [2.45, 2.75) is 26.2 Å². The van der Waals surface area contributed by atoms with E-state index in [1.807, 2.05) is 6.20 Å². The molecule has 0 N–H and O–H groups in total. The van der Waals surface area contributed by atoms with Crippen molar-refractivity contribution in [3.05, 3.63) is 34.7 Å². The molecule has 1 saturated carbocycles. The molecule has 1 aliphatic carbocycles. The summed E-state index contributed by atoms with van der Waals surface area (Å²) in [4.78, 5) is 0. The van der Waals surface area contributed by atoms with Gasteiger partial charge in [-0.05, 0) is 12.8 Å². The Hall–Kier alpha value is -1.24. The lowest BCUT2D eigenvalue weighted by atomic mass is 9.68. The van der Waals surface area contributed by atoms with E-state index in [1.165, 1.54) is 35.4 Å². The van der Waals surface area contributed by atoms with Crippen LogP contribution in [0.1, 0.15) is 26.2 Å². The third-order valence-electron chi connectivity index (χ3n) is 3.58. The number of nitrogens with zero attached hydrogens (tertiary/aromatic N) is 1. The fraction of sp³-hybridized carbons (Fsp3) is 0.385. The fourth-order valence-corrected chi connectivity index (χ4v) is 2.45. The van der Waals surface area contributed by atoms with Crippen molar-refractivity contribution in [2.24, 2.45) is 5.41 Å². The van der Waals surface area contributed by atoms with Gasteiger partial charge in [-0.2, -0.15) is 0 Å². The van der Waals surface area contributed by atoms with E-state index in [0.717, 1.165) is 0 Å². The van der Waals surface area contributed by atoms with Crippen molar-refractivity contribution in [3.63, 3.8) is 0 Å². The van der Waals surface area contributed by atoms with Crippen LogP contribution in [0.5, 0.6) is 0 Å². The maximum Gasteiger partial charge on any atom is 0.0541 e. The molecule has 0 bridgehead atoms. The zero-order chi connectivity index (χ0) is 9.60. The monoisotopic (exact) mass is 184 g/mol. The summed E-state index contributed by atoms with van der Waals surface area (Å²) in [6.07, 6.45) is 5.97. The molecule has 0 saturated heterocycles. The molecule has 0 unspecified atom stereocenters. The summed E-state index contributed by atoms with van der Waals surface area (Å²) in [7, 11) is 0. The molecule has 1 radical (unpaired) electrons. The zero-order valence-electron chi connectivity index (χ0n) is 8.46. The molecular formula is C13H14N. The molecule has 0 atom stereocenters. The molecular weight excluding hydrogens is 170 g/mol. The SMILES string of the molecule is CC1(C2=c3ccccc3=C[N]2)CCC1. The standard InChI is InChI=1S/C13H14N/c1-13(7-4-8-13)12-11-6-3-2-5-10(11)9-14-12/h2-3,5-6,9H,4,7-8H2,1H3. The lowest BCUT2D eigenvalue weighted by Gasteiger charge is -2.38. The van der Waals surface area contributed by atoms with Crippen LogP contribution in [0, 0.1) is 5.41 Å². The predicted octanol–water partition coefficient (Wildman–Crippen LogP) is 1.34. The number of fused-ring (bicyclic) bond motifs is 1. The van der Waals surface area contributed by atoms with Crippen LogP contribution in [0.25, 0.3) is 11.9 Å². The first kappa shape index (κ1) is 8.10. The van der Waals surface area contributed by atoms with Gasteiger partial charge in [0.05, 0.1) is 5.70 Å². The molecule has 1 nitrogen and oxygen atoms in total. The smallest absolute Gasteiger partial charge is 0.0541 e. The molecule has 0 spiro atoms. The van der Waals surface area contributed by atoms with Crippen LogP contribution >= 0.6 is 0 Å². The molecule has 3 rings (SSSR count). The highest BCUT2D eigenvalue weighted by Gasteiger charge is 2.37. The van der Waals surface area contributed by atoms with E-state index in [0.29, 0.717) is 5.41 Å². The van der Waals surface area contributed by atoms with Gasteiger partial charge >= 0.3 is 0 Å². The second-order valence-corrected chi connectivity index (χ2v) is 4.61. The summed E-state index contributed by atoms with van der Waals surface area (Å²) in [6.45, 7) is 2.34. The summed E-state index contributed by atoms with van der Waals surface area (Å²) in [5.74, 6) is 0. The van der Waals surface area contributed by atoms with Gasteiger partial charge in [-0.15, -0.1) is 0 Å². The van der Waals surface area contributed by atoms with Crippen LogP contribution in [-0.4, -0.2) is 0 Å². The minimum atomic E-state index is 0.364. The number of rotatable bonds is 1. The maximum atomic E-state index is 4.59. The Morgan fingerprint density at radius 1 is 1.21 bits per heavy atom. The molecule has 1 heteroatoms. The lowest BCUT2D eigenvalue weighted by molar-refractivity contribution is 0.239. The molecule has 0 aromatic heterocycles. The van der Waals surface area contributed by atoms with E-state index in [1.54, 1.807) is 0 Å². The van der Waals surface area contributed by atoms with E-state index in [2.05, 4.69) is 36.5 Å². The zero-order valence-corrected chi connectivity index (χ0v) is 8.46. The summed E-state index contributed by atoms with van der Waals surface area (Å²) in [6, 6.07) is 8.53. The van der Waals surface area contributed by atoms with Crippen molar-refractivity contribution < 1.29 is 0 Å². The molecule has 1 aromatic carbocycles. The van der Waals surface area contributed by atoms with Crippen LogP contribution in [-0.2, 0) is 0 Å². The molecule has 71 valence electrons. The molecule has 0 amide bonds. The van der Waals surface area contributed by atoms with Crippen molar-refractivity contribution >= 4 is 11.9 Å². The largest absolute Gasteiger partial charge is 0.259 e. The first-order chi connectivity index (χ1) is 6.80. The van der Waals surface area contributed by atoms with Crippen molar-refractivity contribution in [2.75, 3.05) is 0 Å². The second-order valence-electron chi connectivity index (χ2n) is 4.61. The molecule has 1 heterocycles. The van der Waals surface area contributed by atoms with Crippen LogP contribution in [0.4, 0.5) is 0 Å². The lowest BCUT2D eigenvalue weighted by Crippen LogP contribution is -2.34. The fourth-order valence-electron chi connectivity index (χ4n) is 2.45. The number of hydrogen-bond donors (Lipinski definition) is 0. The van der Waals surface area contributed by atoms with Crippen molar-refractivity contribution in [1.82, 2.24) is 5.32 Å². The van der Waals surface area contributed by atoms with E-state index < -0.39 is 0 Å². The van der Waals surface area contributed by atoms with Gasteiger partial charge in [-0.1, -0.05) is 37.6 Å². The minimum absolute atomic E-state index is 0.364. The molecule has 1 fully saturated rings. The normalized spacial score (nSPS) is 21.9. The van der Waals surface area contributed by atoms with Gasteiger partial charge in [0, 0.05) is 22.1 Å². The van der Waals surface area contributed by atoms with Gasteiger partial charge in [0.15, 0.2) is 0 Å². The average molecular weight is 184 g/mol. The highest BCUT2D eigenvalue weighted by molar-refractivity contribution is 5.60. The Morgan fingerprint density at radius 3 is 2.71 bits per heavy atom. The number of hydrogen-bond acceptors (Lipinski definition) is 0. The Kier molecular flexibility index (Phi) is 1.52. The van der Waals surface area contributed by atoms with Gasteiger partial charge in [0.25, 0.3) is 0 Å². The van der Waals surface area contributed by atoms with Gasteiger partial charge in [-0.25, -0.2) is 0 Å². The van der Waals surface area contributed by atoms with E-state index >= 15 is 0 Å². The highest BCUT2D eigenvalue weighted by Crippen LogP contribution is 2.46. The minimum Gasteiger partial charge on any atom is -0.259 e. The third kappa shape index (κ3) is 0.955. The van der Waals surface area contributed by atoms with Crippen LogP contribution in [0.15, 0.2) is 24.3 Å².